The molecule has 1 saturated heterocycles. The molecule has 1 rings (SSSR count). The molecular formula is C3H10IN5O. The van der Waals surface area contributed by atoms with Crippen LogP contribution in [0.4, 0.5) is 0 Å². The predicted molar refractivity (Wildman–Crippen MR) is 44.2 cm³/mol. The zero-order valence-electron chi connectivity index (χ0n) is 5.17. The van der Waals surface area contributed by atoms with Gasteiger partial charge in [-0.1, -0.05) is 0 Å². The largest absolute Gasteiger partial charge is 0.310 e. The van der Waals surface area contributed by atoms with Gasteiger partial charge in [-0.2, -0.15) is 0 Å². The van der Waals surface area contributed by atoms with E-state index in [-0.39, 0.29) is 0 Å². The number of nitrogens with two attached hydrogens (primary N) is 5. The Morgan fingerprint density at radius 1 is 1.00 bits per heavy atom. The van der Waals surface area contributed by atoms with Crippen LogP contribution in [0.25, 0.3) is 0 Å². The SMILES string of the molecule is NC1(N)OC(N)(I)C1(N)N. The molecule has 0 aromatic heterocycles. The highest BCUT2D eigenvalue weighted by molar-refractivity contribution is 14.1. The van der Waals surface area contributed by atoms with Crippen molar-refractivity contribution < 1.29 is 4.74 Å². The molecule has 1 aliphatic heterocycles. The highest BCUT2D eigenvalue weighted by Gasteiger charge is 2.67. The fourth-order valence-electron chi connectivity index (χ4n) is 0.635. The molecule has 6 nitrogen and oxygen atoms in total. The van der Waals surface area contributed by atoms with Gasteiger partial charge in [0.25, 0.3) is 0 Å². The Labute approximate surface area is 71.5 Å². The lowest BCUT2D eigenvalue weighted by Crippen LogP contribution is -2.96. The molecule has 1 atom stereocenters. The van der Waals surface area contributed by atoms with E-state index in [4.69, 9.17) is 33.4 Å². The first-order valence-electron chi connectivity index (χ1n) is 2.54. The molecule has 10 N–H and O–H groups in total. The summed E-state index contributed by atoms with van der Waals surface area (Å²) in [4.78, 5) is 0. The Balaban J connectivity index is 2.85. The molecule has 7 heteroatoms. The lowest BCUT2D eigenvalue weighted by Gasteiger charge is -2.58. The third-order valence-corrected chi connectivity index (χ3v) is 2.64. The number of hydrogen-bond donors (Lipinski definition) is 5. The van der Waals surface area contributed by atoms with Gasteiger partial charge in [0.05, 0.1) is 0 Å². The fourth-order valence-corrected chi connectivity index (χ4v) is 1.42. The van der Waals surface area contributed by atoms with Crippen LogP contribution in [0.5, 0.6) is 0 Å². The molecule has 1 heterocycles. The maximum atomic E-state index is 5.45. The molecule has 0 bridgehead atoms. The third kappa shape index (κ3) is 0.794. The lowest BCUT2D eigenvalue weighted by atomic mass is 9.99. The molecule has 1 unspecified atom stereocenters. The maximum Gasteiger partial charge on any atom is 0.209 e. The molecule has 0 saturated carbocycles. The van der Waals surface area contributed by atoms with Crippen LogP contribution in [0.3, 0.4) is 0 Å². The Bertz CT molecular complexity index is 150. The first-order valence-corrected chi connectivity index (χ1v) is 3.62. The third-order valence-electron chi connectivity index (χ3n) is 1.53. The molecule has 0 aromatic carbocycles. The van der Waals surface area contributed by atoms with E-state index >= 15 is 0 Å². The molecule has 60 valence electrons. The van der Waals surface area contributed by atoms with Crippen molar-refractivity contribution in [3.8, 4) is 0 Å². The Morgan fingerprint density at radius 3 is 1.40 bits per heavy atom. The zero-order chi connectivity index (χ0) is 8.21. The van der Waals surface area contributed by atoms with Crippen molar-refractivity contribution in [2.24, 2.45) is 28.7 Å². The number of rotatable bonds is 0. The summed E-state index contributed by atoms with van der Waals surface area (Å²) >= 11 is 1.74. The van der Waals surface area contributed by atoms with Crippen LogP contribution in [0.2, 0.25) is 0 Å². The quantitative estimate of drug-likeness (QED) is 0.138. The van der Waals surface area contributed by atoms with Crippen LogP contribution in [0, 0.1) is 0 Å². The van der Waals surface area contributed by atoms with Gasteiger partial charge in [-0.15, -0.1) is 0 Å². The van der Waals surface area contributed by atoms with E-state index in [0.29, 0.717) is 0 Å². The Hall–Kier alpha value is 0.490. The van der Waals surface area contributed by atoms with Gasteiger partial charge in [0.15, 0.2) is 5.66 Å². The number of hydrogen-bond acceptors (Lipinski definition) is 6. The van der Waals surface area contributed by atoms with E-state index in [2.05, 4.69) is 0 Å². The van der Waals surface area contributed by atoms with Crippen LogP contribution >= 0.6 is 22.6 Å². The second-order valence-electron chi connectivity index (χ2n) is 2.41. The van der Waals surface area contributed by atoms with E-state index < -0.39 is 15.2 Å². The number of alkyl halides is 1. The van der Waals surface area contributed by atoms with Crippen LogP contribution < -0.4 is 28.7 Å². The van der Waals surface area contributed by atoms with Crippen molar-refractivity contribution in [2.45, 2.75) is 15.2 Å². The average molecular weight is 259 g/mol. The van der Waals surface area contributed by atoms with Crippen LogP contribution in [0.15, 0.2) is 0 Å². The summed E-state index contributed by atoms with van der Waals surface area (Å²) in [6.07, 6.45) is 0. The van der Waals surface area contributed by atoms with Gasteiger partial charge in [-0.05, 0) is 22.6 Å². The standard InChI is InChI=1S/C3H10IN5O/c4-2(7)1(5,6)3(8,9)10-2/h5-9H2. The van der Waals surface area contributed by atoms with Crippen LogP contribution in [0.1, 0.15) is 0 Å². The molecule has 10 heavy (non-hydrogen) atoms. The summed E-state index contributed by atoms with van der Waals surface area (Å²) in [7, 11) is 0. The molecule has 1 fully saturated rings. The predicted octanol–water partition coefficient (Wildman–Crippen LogP) is -2.75. The minimum absolute atomic E-state index is 1.17. The molecule has 0 aliphatic carbocycles. The molecule has 0 amide bonds. The van der Waals surface area contributed by atoms with Crippen molar-refractivity contribution in [1.82, 2.24) is 0 Å². The highest BCUT2D eigenvalue weighted by Crippen LogP contribution is 2.40. The molecule has 1 aliphatic rings. The van der Waals surface area contributed by atoms with E-state index in [1.165, 1.54) is 0 Å². The summed E-state index contributed by atoms with van der Waals surface area (Å²) in [5.74, 6) is -1.52. The molecular weight excluding hydrogens is 249 g/mol. The lowest BCUT2D eigenvalue weighted by molar-refractivity contribution is -0.275. The Morgan fingerprint density at radius 2 is 1.40 bits per heavy atom. The van der Waals surface area contributed by atoms with E-state index in [1.807, 2.05) is 0 Å². The van der Waals surface area contributed by atoms with Gasteiger partial charge in [0.1, 0.15) is 0 Å². The van der Waals surface area contributed by atoms with Gasteiger partial charge < -0.3 is 16.2 Å². The second-order valence-corrected chi connectivity index (χ2v) is 4.01. The molecule has 0 aromatic rings. The topological polar surface area (TPSA) is 139 Å². The zero-order valence-corrected chi connectivity index (χ0v) is 7.33. The summed E-state index contributed by atoms with van der Waals surface area (Å²) in [6.45, 7) is 0. The normalized spacial score (nSPS) is 42.6. The average Bonchev–Trinajstić information content (AvgIpc) is 1.61. The highest BCUT2D eigenvalue weighted by atomic mass is 127. The Kier molecular flexibility index (Phi) is 1.55. The van der Waals surface area contributed by atoms with Crippen molar-refractivity contribution in [3.05, 3.63) is 0 Å². The number of halogens is 1. The monoisotopic (exact) mass is 259 g/mol. The van der Waals surface area contributed by atoms with Crippen molar-refractivity contribution in [1.29, 1.82) is 0 Å². The van der Waals surface area contributed by atoms with Crippen LogP contribution in [-0.4, -0.2) is 15.2 Å². The molecule has 0 radical (unpaired) electrons. The van der Waals surface area contributed by atoms with Crippen LogP contribution in [-0.2, 0) is 4.74 Å². The van der Waals surface area contributed by atoms with Gasteiger partial charge in [0, 0.05) is 0 Å². The van der Waals surface area contributed by atoms with E-state index in [1.54, 1.807) is 22.6 Å². The first-order chi connectivity index (χ1) is 4.21. The van der Waals surface area contributed by atoms with Crippen molar-refractivity contribution >= 4 is 22.6 Å². The summed E-state index contributed by atoms with van der Waals surface area (Å²) in [5, 5.41) is 0. The summed E-state index contributed by atoms with van der Waals surface area (Å²) in [5.41, 5.74) is 25.5. The van der Waals surface area contributed by atoms with Gasteiger partial charge in [0.2, 0.25) is 9.58 Å². The van der Waals surface area contributed by atoms with Crippen molar-refractivity contribution in [2.75, 3.05) is 0 Å². The minimum atomic E-state index is -1.52. The van der Waals surface area contributed by atoms with Gasteiger partial charge in [-0.25, -0.2) is 0 Å². The first kappa shape index (κ1) is 8.59. The van der Waals surface area contributed by atoms with E-state index in [9.17, 15) is 0 Å². The van der Waals surface area contributed by atoms with Gasteiger partial charge >= 0.3 is 0 Å². The summed E-state index contributed by atoms with van der Waals surface area (Å²) in [6, 6.07) is 0. The maximum absolute atomic E-state index is 5.45. The molecule has 0 spiro atoms. The van der Waals surface area contributed by atoms with Crippen molar-refractivity contribution in [3.63, 3.8) is 0 Å². The smallest absolute Gasteiger partial charge is 0.209 e. The fraction of sp³-hybridized carbons (Fsp3) is 1.00. The number of ether oxygens (including phenoxy) is 1. The van der Waals surface area contributed by atoms with Gasteiger partial charge in [-0.3, -0.25) is 17.2 Å². The second kappa shape index (κ2) is 1.80. The minimum Gasteiger partial charge on any atom is -0.310 e. The summed E-state index contributed by atoms with van der Waals surface area (Å²) < 4.78 is 3.63. The van der Waals surface area contributed by atoms with E-state index in [0.717, 1.165) is 0 Å².